The van der Waals surface area contributed by atoms with Gasteiger partial charge in [-0.2, -0.15) is 0 Å². The molecule has 1 atom stereocenters. The average Bonchev–Trinajstić information content (AvgIpc) is 2.55. The van der Waals surface area contributed by atoms with E-state index >= 15 is 0 Å². The van der Waals surface area contributed by atoms with E-state index < -0.39 is 0 Å². The zero-order valence-corrected chi connectivity index (χ0v) is 12.3. The van der Waals surface area contributed by atoms with Crippen molar-refractivity contribution in [1.82, 2.24) is 0 Å². The van der Waals surface area contributed by atoms with E-state index in [1.165, 1.54) is 0 Å². The third-order valence-electron chi connectivity index (χ3n) is 3.48. The second-order valence-corrected chi connectivity index (χ2v) is 5.13. The summed E-state index contributed by atoms with van der Waals surface area (Å²) in [4.78, 5) is 26.1. The Labute approximate surface area is 125 Å². The van der Waals surface area contributed by atoms with E-state index in [1.54, 1.807) is 31.0 Å². The van der Waals surface area contributed by atoms with Crippen molar-refractivity contribution in [3.05, 3.63) is 66.2 Å². The third kappa shape index (κ3) is 3.78. The molecule has 0 aliphatic heterocycles. The number of rotatable bonds is 5. The van der Waals surface area contributed by atoms with Crippen LogP contribution in [0.3, 0.4) is 0 Å². The van der Waals surface area contributed by atoms with Gasteiger partial charge in [0.1, 0.15) is 0 Å². The van der Waals surface area contributed by atoms with E-state index in [2.05, 4.69) is 0 Å². The van der Waals surface area contributed by atoms with Crippen molar-refractivity contribution in [3.8, 4) is 0 Å². The Morgan fingerprint density at radius 2 is 1.48 bits per heavy atom. The summed E-state index contributed by atoms with van der Waals surface area (Å²) in [5.74, 6) is -0.397. The highest BCUT2D eigenvalue weighted by molar-refractivity contribution is 6.01. The molecule has 0 heterocycles. The second kappa shape index (κ2) is 6.84. The lowest BCUT2D eigenvalue weighted by Gasteiger charge is -2.21. The van der Waals surface area contributed by atoms with Gasteiger partial charge in [-0.15, -0.1) is 0 Å². The van der Waals surface area contributed by atoms with Crippen LogP contribution in [-0.2, 0) is 4.79 Å². The highest BCUT2D eigenvalue weighted by atomic mass is 16.2. The number of ketones is 1. The van der Waals surface area contributed by atoms with Crippen LogP contribution in [0.5, 0.6) is 0 Å². The van der Waals surface area contributed by atoms with Gasteiger partial charge in [-0.1, -0.05) is 55.5 Å². The first-order chi connectivity index (χ1) is 10.1. The number of Topliss-reactive ketones (excluding diaryl/α,β-unsaturated/α-hetero) is 1. The van der Waals surface area contributed by atoms with Crippen molar-refractivity contribution in [2.75, 3.05) is 11.9 Å². The van der Waals surface area contributed by atoms with Crippen LogP contribution in [0.25, 0.3) is 0 Å². The monoisotopic (exact) mass is 281 g/mol. The Morgan fingerprint density at radius 1 is 0.952 bits per heavy atom. The highest BCUT2D eigenvalue weighted by Gasteiger charge is 2.21. The Hall–Kier alpha value is -2.42. The number of para-hydroxylation sites is 1. The zero-order valence-electron chi connectivity index (χ0n) is 12.3. The molecule has 1 unspecified atom stereocenters. The van der Waals surface area contributed by atoms with E-state index in [9.17, 15) is 9.59 Å². The molecule has 0 aliphatic rings. The number of anilines is 1. The highest BCUT2D eigenvalue weighted by Crippen LogP contribution is 2.17. The summed E-state index contributed by atoms with van der Waals surface area (Å²) in [6.07, 6.45) is 0.222. The summed E-state index contributed by atoms with van der Waals surface area (Å²) >= 11 is 0. The number of carbonyl (C=O) groups is 2. The molecule has 0 fully saturated rings. The predicted molar refractivity (Wildman–Crippen MR) is 84.4 cm³/mol. The fourth-order valence-corrected chi connectivity index (χ4v) is 2.22. The molecule has 1 amide bonds. The van der Waals surface area contributed by atoms with Crippen molar-refractivity contribution in [2.24, 2.45) is 5.92 Å². The van der Waals surface area contributed by atoms with Gasteiger partial charge in [-0.05, 0) is 12.1 Å². The van der Waals surface area contributed by atoms with Crippen molar-refractivity contribution in [1.29, 1.82) is 0 Å². The molecular formula is C18H19NO2. The van der Waals surface area contributed by atoms with Crippen LogP contribution in [0.15, 0.2) is 60.7 Å². The molecule has 2 aromatic rings. The maximum Gasteiger partial charge on any atom is 0.230 e. The molecule has 3 nitrogen and oxygen atoms in total. The van der Waals surface area contributed by atoms with Crippen LogP contribution in [0, 0.1) is 5.92 Å². The molecule has 21 heavy (non-hydrogen) atoms. The third-order valence-corrected chi connectivity index (χ3v) is 3.48. The second-order valence-electron chi connectivity index (χ2n) is 5.13. The topological polar surface area (TPSA) is 37.4 Å². The van der Waals surface area contributed by atoms with E-state index in [0.29, 0.717) is 5.56 Å². The maximum absolute atomic E-state index is 12.4. The first-order valence-corrected chi connectivity index (χ1v) is 7.00. The molecule has 0 aromatic heterocycles. The van der Waals surface area contributed by atoms with Crippen LogP contribution in [-0.4, -0.2) is 18.7 Å². The van der Waals surface area contributed by atoms with Gasteiger partial charge in [0.05, 0.1) is 0 Å². The fourth-order valence-electron chi connectivity index (χ4n) is 2.22. The van der Waals surface area contributed by atoms with Gasteiger partial charge < -0.3 is 4.90 Å². The standard InChI is InChI=1S/C18H19NO2/c1-14(13-17(20)15-9-5-3-6-10-15)18(21)19(2)16-11-7-4-8-12-16/h3-12,14H,13H2,1-2H3. The number of hydrogen-bond acceptors (Lipinski definition) is 2. The molecule has 0 bridgehead atoms. The molecule has 2 rings (SSSR count). The summed E-state index contributed by atoms with van der Waals surface area (Å²) in [6.45, 7) is 1.79. The summed E-state index contributed by atoms with van der Waals surface area (Å²) in [6, 6.07) is 18.5. The smallest absolute Gasteiger partial charge is 0.230 e. The lowest BCUT2D eigenvalue weighted by molar-refractivity contribution is -0.121. The van der Waals surface area contributed by atoms with E-state index in [1.807, 2.05) is 48.5 Å². The molecule has 2 aromatic carbocycles. The lowest BCUT2D eigenvalue weighted by atomic mass is 9.98. The molecule has 0 saturated carbocycles. The fraction of sp³-hybridized carbons (Fsp3) is 0.222. The summed E-state index contributed by atoms with van der Waals surface area (Å²) in [7, 11) is 1.74. The zero-order chi connectivity index (χ0) is 15.2. The quantitative estimate of drug-likeness (QED) is 0.786. The van der Waals surface area contributed by atoms with Gasteiger partial charge in [0.15, 0.2) is 5.78 Å². The van der Waals surface area contributed by atoms with E-state index in [0.717, 1.165) is 5.69 Å². The lowest BCUT2D eigenvalue weighted by Crippen LogP contribution is -2.32. The normalized spacial score (nSPS) is 11.7. The number of hydrogen-bond donors (Lipinski definition) is 0. The minimum absolute atomic E-state index is 0.00193. The molecule has 3 heteroatoms. The van der Waals surface area contributed by atoms with Gasteiger partial charge >= 0.3 is 0 Å². The minimum atomic E-state index is -0.345. The Morgan fingerprint density at radius 3 is 2.05 bits per heavy atom. The van der Waals surface area contributed by atoms with Crippen molar-refractivity contribution < 1.29 is 9.59 Å². The van der Waals surface area contributed by atoms with E-state index in [-0.39, 0.29) is 24.0 Å². The van der Waals surface area contributed by atoms with Gasteiger partial charge in [-0.3, -0.25) is 9.59 Å². The first kappa shape index (κ1) is 15.0. The van der Waals surface area contributed by atoms with Crippen LogP contribution >= 0.6 is 0 Å². The van der Waals surface area contributed by atoms with Crippen molar-refractivity contribution in [3.63, 3.8) is 0 Å². The first-order valence-electron chi connectivity index (χ1n) is 7.00. The van der Waals surface area contributed by atoms with Gasteiger partial charge in [0, 0.05) is 30.6 Å². The SMILES string of the molecule is CC(CC(=O)c1ccccc1)C(=O)N(C)c1ccccc1. The molecule has 0 spiro atoms. The predicted octanol–water partition coefficient (Wildman–Crippen LogP) is 3.56. The van der Waals surface area contributed by atoms with Gasteiger partial charge in [0.25, 0.3) is 0 Å². The van der Waals surface area contributed by atoms with Crippen LogP contribution < -0.4 is 4.90 Å². The Balaban J connectivity index is 2.01. The summed E-state index contributed by atoms with van der Waals surface area (Å²) in [5, 5.41) is 0. The number of nitrogens with zero attached hydrogens (tertiary/aromatic N) is 1. The number of benzene rings is 2. The number of carbonyl (C=O) groups excluding carboxylic acids is 2. The molecule has 0 aliphatic carbocycles. The number of amides is 1. The Kier molecular flexibility index (Phi) is 4.88. The summed E-state index contributed by atoms with van der Waals surface area (Å²) in [5.41, 5.74) is 1.49. The average molecular weight is 281 g/mol. The van der Waals surface area contributed by atoms with Crippen LogP contribution in [0.1, 0.15) is 23.7 Å². The van der Waals surface area contributed by atoms with Crippen molar-refractivity contribution in [2.45, 2.75) is 13.3 Å². The van der Waals surface area contributed by atoms with Crippen molar-refractivity contribution >= 4 is 17.4 Å². The minimum Gasteiger partial charge on any atom is -0.315 e. The molecule has 0 radical (unpaired) electrons. The van der Waals surface area contributed by atoms with E-state index in [4.69, 9.17) is 0 Å². The van der Waals surface area contributed by atoms with Gasteiger partial charge in [0.2, 0.25) is 5.91 Å². The van der Waals surface area contributed by atoms with Crippen LogP contribution in [0.2, 0.25) is 0 Å². The summed E-state index contributed by atoms with van der Waals surface area (Å²) < 4.78 is 0. The molecule has 0 saturated heterocycles. The Bertz CT molecular complexity index is 608. The molecular weight excluding hydrogens is 262 g/mol. The van der Waals surface area contributed by atoms with Gasteiger partial charge in [-0.25, -0.2) is 0 Å². The molecule has 108 valence electrons. The largest absolute Gasteiger partial charge is 0.315 e. The maximum atomic E-state index is 12.4. The molecule has 0 N–H and O–H groups in total. The van der Waals surface area contributed by atoms with Crippen LogP contribution in [0.4, 0.5) is 5.69 Å².